The third kappa shape index (κ3) is 1.67. The van der Waals surface area contributed by atoms with E-state index in [0.717, 1.165) is 12.3 Å². The Hall–Kier alpha value is -1.04. The van der Waals surface area contributed by atoms with Gasteiger partial charge in [0, 0.05) is 0 Å². The molecular formula is C13H16. The Kier molecular flexibility index (Phi) is 2.22. The second-order valence-electron chi connectivity index (χ2n) is 4.19. The van der Waals surface area contributed by atoms with Crippen LogP contribution in [0.3, 0.4) is 0 Å². The maximum atomic E-state index is 2.38. The van der Waals surface area contributed by atoms with Crippen LogP contribution in [0.15, 0.2) is 30.3 Å². The van der Waals surface area contributed by atoms with Crippen molar-refractivity contribution in [2.45, 2.75) is 26.7 Å². The lowest BCUT2D eigenvalue weighted by Crippen LogP contribution is -1.90. The summed E-state index contributed by atoms with van der Waals surface area (Å²) in [5.41, 5.74) is 4.53. The maximum absolute atomic E-state index is 2.38. The monoisotopic (exact) mass is 172 g/mol. The summed E-state index contributed by atoms with van der Waals surface area (Å²) < 4.78 is 0. The molecular weight excluding hydrogens is 156 g/mol. The van der Waals surface area contributed by atoms with E-state index >= 15 is 0 Å². The first kappa shape index (κ1) is 8.55. The van der Waals surface area contributed by atoms with Crippen LogP contribution in [0, 0.1) is 5.92 Å². The van der Waals surface area contributed by atoms with Crippen LogP contribution >= 0.6 is 0 Å². The molecule has 0 spiro atoms. The maximum Gasteiger partial charge on any atom is -0.00854 e. The van der Waals surface area contributed by atoms with E-state index < -0.39 is 0 Å². The van der Waals surface area contributed by atoms with Crippen LogP contribution in [0.25, 0.3) is 5.57 Å². The molecule has 0 saturated heterocycles. The predicted molar refractivity (Wildman–Crippen MR) is 57.6 cm³/mol. The predicted octanol–water partition coefficient (Wildman–Crippen LogP) is 3.67. The number of hydrogen-bond acceptors (Lipinski definition) is 0. The van der Waals surface area contributed by atoms with Crippen molar-refractivity contribution in [2.75, 3.05) is 0 Å². The zero-order valence-electron chi connectivity index (χ0n) is 8.38. The molecule has 0 nitrogen and oxygen atoms in total. The molecule has 1 aromatic carbocycles. The lowest BCUT2D eigenvalue weighted by molar-refractivity contribution is 0.674. The van der Waals surface area contributed by atoms with Crippen molar-refractivity contribution in [3.05, 3.63) is 41.5 Å². The van der Waals surface area contributed by atoms with E-state index in [2.05, 4.69) is 44.2 Å². The third-order valence-electron chi connectivity index (χ3n) is 2.56. The SMILES string of the molecule is CC(C)CC1=CCc2ccccc21. The molecule has 0 heterocycles. The molecule has 2 rings (SSSR count). The van der Waals surface area contributed by atoms with E-state index in [1.54, 1.807) is 5.57 Å². The van der Waals surface area contributed by atoms with Crippen LogP contribution in [-0.4, -0.2) is 0 Å². The molecule has 0 aliphatic heterocycles. The van der Waals surface area contributed by atoms with Crippen LogP contribution < -0.4 is 0 Å². The van der Waals surface area contributed by atoms with Gasteiger partial charge < -0.3 is 0 Å². The summed E-state index contributed by atoms with van der Waals surface area (Å²) in [5.74, 6) is 0.761. The van der Waals surface area contributed by atoms with E-state index in [1.165, 1.54) is 17.5 Å². The second-order valence-corrected chi connectivity index (χ2v) is 4.19. The summed E-state index contributed by atoms with van der Waals surface area (Å²) >= 11 is 0. The molecule has 0 aromatic heterocycles. The number of allylic oxidation sites excluding steroid dienone is 2. The molecule has 0 saturated carbocycles. The molecule has 0 bridgehead atoms. The summed E-state index contributed by atoms with van der Waals surface area (Å²) in [4.78, 5) is 0. The van der Waals surface area contributed by atoms with Gasteiger partial charge in [0.2, 0.25) is 0 Å². The van der Waals surface area contributed by atoms with Gasteiger partial charge in [0.1, 0.15) is 0 Å². The summed E-state index contributed by atoms with van der Waals surface area (Å²) in [7, 11) is 0. The minimum atomic E-state index is 0.761. The smallest absolute Gasteiger partial charge is 0.00854 e. The molecule has 0 atom stereocenters. The van der Waals surface area contributed by atoms with Crippen molar-refractivity contribution in [3.63, 3.8) is 0 Å². The average molecular weight is 172 g/mol. The molecule has 0 fully saturated rings. The van der Waals surface area contributed by atoms with Gasteiger partial charge in [-0.3, -0.25) is 0 Å². The molecule has 0 radical (unpaired) electrons. The van der Waals surface area contributed by atoms with Gasteiger partial charge in [0.25, 0.3) is 0 Å². The van der Waals surface area contributed by atoms with Crippen molar-refractivity contribution in [1.82, 2.24) is 0 Å². The van der Waals surface area contributed by atoms with Gasteiger partial charge in [0.05, 0.1) is 0 Å². The quantitative estimate of drug-likeness (QED) is 0.638. The minimum Gasteiger partial charge on any atom is -0.0763 e. The third-order valence-corrected chi connectivity index (χ3v) is 2.56. The Morgan fingerprint density at radius 1 is 1.23 bits per heavy atom. The summed E-state index contributed by atoms with van der Waals surface area (Å²) in [6.07, 6.45) is 4.74. The Labute approximate surface area is 80.3 Å². The number of rotatable bonds is 2. The number of fused-ring (bicyclic) bond motifs is 1. The van der Waals surface area contributed by atoms with Crippen molar-refractivity contribution in [2.24, 2.45) is 5.92 Å². The highest BCUT2D eigenvalue weighted by atomic mass is 14.2. The normalized spacial score (nSPS) is 14.5. The van der Waals surface area contributed by atoms with Crippen LogP contribution in [0.2, 0.25) is 0 Å². The highest BCUT2D eigenvalue weighted by Crippen LogP contribution is 2.31. The lowest BCUT2D eigenvalue weighted by atomic mass is 9.98. The van der Waals surface area contributed by atoms with Gasteiger partial charge in [0.15, 0.2) is 0 Å². The van der Waals surface area contributed by atoms with Crippen LogP contribution in [0.1, 0.15) is 31.4 Å². The highest BCUT2D eigenvalue weighted by molar-refractivity contribution is 5.72. The van der Waals surface area contributed by atoms with Gasteiger partial charge in [-0.2, -0.15) is 0 Å². The fourth-order valence-corrected chi connectivity index (χ4v) is 1.99. The Bertz CT molecular complexity index is 332. The Morgan fingerprint density at radius 3 is 2.77 bits per heavy atom. The second kappa shape index (κ2) is 3.37. The van der Waals surface area contributed by atoms with Crippen LogP contribution in [0.5, 0.6) is 0 Å². The Balaban J connectivity index is 2.26. The van der Waals surface area contributed by atoms with Crippen molar-refractivity contribution < 1.29 is 0 Å². The number of hydrogen-bond donors (Lipinski definition) is 0. The van der Waals surface area contributed by atoms with Gasteiger partial charge in [-0.15, -0.1) is 0 Å². The molecule has 1 aliphatic rings. The highest BCUT2D eigenvalue weighted by Gasteiger charge is 2.13. The zero-order valence-corrected chi connectivity index (χ0v) is 8.38. The van der Waals surface area contributed by atoms with Gasteiger partial charge in [-0.05, 0) is 35.5 Å². The van der Waals surface area contributed by atoms with Crippen molar-refractivity contribution in [1.29, 1.82) is 0 Å². The first-order chi connectivity index (χ1) is 6.27. The lowest BCUT2D eigenvalue weighted by Gasteiger charge is -2.07. The first-order valence-electron chi connectivity index (χ1n) is 5.04. The van der Waals surface area contributed by atoms with E-state index in [1.807, 2.05) is 0 Å². The van der Waals surface area contributed by atoms with Crippen LogP contribution in [-0.2, 0) is 6.42 Å². The van der Waals surface area contributed by atoms with Crippen molar-refractivity contribution in [3.8, 4) is 0 Å². The first-order valence-corrected chi connectivity index (χ1v) is 5.04. The topological polar surface area (TPSA) is 0 Å². The molecule has 1 aromatic rings. The summed E-state index contributed by atoms with van der Waals surface area (Å²) in [6.45, 7) is 4.56. The molecule has 0 amide bonds. The molecule has 1 aliphatic carbocycles. The van der Waals surface area contributed by atoms with Crippen molar-refractivity contribution >= 4 is 5.57 Å². The fraction of sp³-hybridized carbons (Fsp3) is 0.385. The summed E-state index contributed by atoms with van der Waals surface area (Å²) in [6, 6.07) is 8.75. The van der Waals surface area contributed by atoms with E-state index in [0.29, 0.717) is 0 Å². The Morgan fingerprint density at radius 2 is 2.00 bits per heavy atom. The standard InChI is InChI=1S/C13H16/c1-10(2)9-12-8-7-11-5-3-4-6-13(11)12/h3-6,8,10H,7,9H2,1-2H3. The molecule has 0 unspecified atom stereocenters. The molecule has 0 heteroatoms. The number of benzene rings is 1. The average Bonchev–Trinajstić information content (AvgIpc) is 2.48. The van der Waals surface area contributed by atoms with E-state index in [4.69, 9.17) is 0 Å². The van der Waals surface area contributed by atoms with E-state index in [9.17, 15) is 0 Å². The summed E-state index contributed by atoms with van der Waals surface area (Å²) in [5, 5.41) is 0. The van der Waals surface area contributed by atoms with Gasteiger partial charge in [-0.25, -0.2) is 0 Å². The zero-order chi connectivity index (χ0) is 9.26. The van der Waals surface area contributed by atoms with Gasteiger partial charge >= 0.3 is 0 Å². The van der Waals surface area contributed by atoms with E-state index in [-0.39, 0.29) is 0 Å². The van der Waals surface area contributed by atoms with Gasteiger partial charge in [-0.1, -0.05) is 44.2 Å². The van der Waals surface area contributed by atoms with Crippen LogP contribution in [0.4, 0.5) is 0 Å². The minimum absolute atomic E-state index is 0.761. The molecule has 68 valence electrons. The fourth-order valence-electron chi connectivity index (χ4n) is 1.99. The largest absolute Gasteiger partial charge is 0.0763 e. The molecule has 0 N–H and O–H groups in total. The molecule has 13 heavy (non-hydrogen) atoms.